The molecule has 0 bridgehead atoms. The molecule has 0 unspecified atom stereocenters. The van der Waals surface area contributed by atoms with Gasteiger partial charge in [-0.25, -0.2) is 13.1 Å². The van der Waals surface area contributed by atoms with Crippen LogP contribution in [0.15, 0.2) is 27.6 Å². The minimum absolute atomic E-state index is 0. The van der Waals surface area contributed by atoms with Gasteiger partial charge in [-0.3, -0.25) is 0 Å². The van der Waals surface area contributed by atoms with Gasteiger partial charge in [0.15, 0.2) is 0 Å². The molecule has 118 valence electrons. The third kappa shape index (κ3) is 7.22. The fourth-order valence-corrected chi connectivity index (χ4v) is 3.19. The van der Waals surface area contributed by atoms with Crippen LogP contribution in [0, 0.1) is 11.3 Å². The van der Waals surface area contributed by atoms with E-state index in [2.05, 4.69) is 26.0 Å². The molecule has 0 amide bonds. The van der Waals surface area contributed by atoms with Crippen molar-refractivity contribution < 1.29 is 13.2 Å². The average molecular weight is 399 g/mol. The van der Waals surface area contributed by atoms with Gasteiger partial charge in [-0.15, -0.1) is 12.4 Å². The van der Waals surface area contributed by atoms with Gasteiger partial charge < -0.3 is 10.1 Å². The highest BCUT2D eigenvalue weighted by Crippen LogP contribution is 2.18. The van der Waals surface area contributed by atoms with E-state index in [1.54, 1.807) is 13.2 Å². The molecule has 21 heavy (non-hydrogen) atoms. The van der Waals surface area contributed by atoms with Crippen molar-refractivity contribution in [3.8, 4) is 6.07 Å². The predicted molar refractivity (Wildman–Crippen MR) is 86.0 cm³/mol. The predicted octanol–water partition coefficient (Wildman–Crippen LogP) is 1.26. The highest BCUT2D eigenvalue weighted by molar-refractivity contribution is 9.10. The standard InChI is InChI=1S/C12H16BrN3O3S.ClH/c1-19-5-4-15-2-3-16-20(17,18)12-7-10(9-14)6-11(13)8-12;/h6-8,15-16H,2-5H2,1H3;1H. The van der Waals surface area contributed by atoms with E-state index in [1.165, 1.54) is 12.1 Å². The lowest BCUT2D eigenvalue weighted by atomic mass is 10.2. The monoisotopic (exact) mass is 397 g/mol. The zero-order valence-electron chi connectivity index (χ0n) is 11.4. The molecule has 1 rings (SSSR count). The third-order valence-electron chi connectivity index (χ3n) is 2.39. The summed E-state index contributed by atoms with van der Waals surface area (Å²) in [6, 6.07) is 6.28. The molecule has 1 aromatic carbocycles. The van der Waals surface area contributed by atoms with E-state index in [-0.39, 0.29) is 29.4 Å². The smallest absolute Gasteiger partial charge is 0.240 e. The first-order valence-corrected chi connectivity index (χ1v) is 8.17. The molecule has 0 aliphatic rings. The lowest BCUT2D eigenvalue weighted by molar-refractivity contribution is 0.199. The topological polar surface area (TPSA) is 91.2 Å². The molecule has 0 spiro atoms. The molecule has 0 heterocycles. The number of sulfonamides is 1. The van der Waals surface area contributed by atoms with Gasteiger partial charge in [0.1, 0.15) is 0 Å². The minimum atomic E-state index is -3.61. The fraction of sp³-hybridized carbons (Fsp3) is 0.417. The Labute approximate surface area is 139 Å². The Morgan fingerprint density at radius 1 is 1.29 bits per heavy atom. The minimum Gasteiger partial charge on any atom is -0.383 e. The molecule has 0 radical (unpaired) electrons. The molecule has 6 nitrogen and oxygen atoms in total. The van der Waals surface area contributed by atoms with Crippen LogP contribution in [0.2, 0.25) is 0 Å². The number of nitrogens with zero attached hydrogens (tertiary/aromatic N) is 1. The van der Waals surface area contributed by atoms with Gasteiger partial charge in [0.2, 0.25) is 10.0 Å². The first kappa shape index (κ1) is 20.3. The van der Waals surface area contributed by atoms with Gasteiger partial charge in [-0.05, 0) is 18.2 Å². The van der Waals surface area contributed by atoms with Crippen molar-refractivity contribution in [1.82, 2.24) is 10.0 Å². The maximum absolute atomic E-state index is 12.0. The van der Waals surface area contributed by atoms with E-state index in [9.17, 15) is 8.42 Å². The number of rotatable bonds is 8. The highest BCUT2D eigenvalue weighted by Gasteiger charge is 2.14. The summed E-state index contributed by atoms with van der Waals surface area (Å²) in [6.45, 7) is 2.00. The Morgan fingerprint density at radius 2 is 2.00 bits per heavy atom. The number of nitrogens with one attached hydrogen (secondary N) is 2. The molecule has 0 aromatic heterocycles. The van der Waals surface area contributed by atoms with Crippen molar-refractivity contribution in [3.63, 3.8) is 0 Å². The molecule has 9 heteroatoms. The van der Waals surface area contributed by atoms with Crippen LogP contribution in [0.4, 0.5) is 0 Å². The van der Waals surface area contributed by atoms with E-state index in [0.29, 0.717) is 24.2 Å². The SMILES string of the molecule is COCCNCCNS(=O)(=O)c1cc(Br)cc(C#N)c1.Cl. The van der Waals surface area contributed by atoms with Crippen molar-refractivity contribution in [2.24, 2.45) is 0 Å². The van der Waals surface area contributed by atoms with Gasteiger partial charge in [0, 0.05) is 31.2 Å². The summed E-state index contributed by atoms with van der Waals surface area (Å²) in [5.74, 6) is 0. The maximum Gasteiger partial charge on any atom is 0.240 e. The second-order valence-corrected chi connectivity index (χ2v) is 6.61. The van der Waals surface area contributed by atoms with Crippen LogP contribution in [0.1, 0.15) is 5.56 Å². The lowest BCUT2D eigenvalue weighted by Crippen LogP contribution is -2.33. The lowest BCUT2D eigenvalue weighted by Gasteiger charge is -2.08. The summed E-state index contributed by atoms with van der Waals surface area (Å²) >= 11 is 3.19. The average Bonchev–Trinajstić information content (AvgIpc) is 2.42. The van der Waals surface area contributed by atoms with Gasteiger partial charge >= 0.3 is 0 Å². The van der Waals surface area contributed by atoms with E-state index in [0.717, 1.165) is 0 Å². The van der Waals surface area contributed by atoms with Crippen LogP contribution < -0.4 is 10.0 Å². The molecule has 0 atom stereocenters. The van der Waals surface area contributed by atoms with Crippen LogP contribution in [0.5, 0.6) is 0 Å². The quantitative estimate of drug-likeness (QED) is 0.643. The Bertz CT molecular complexity index is 590. The summed E-state index contributed by atoms with van der Waals surface area (Å²) in [5, 5.41) is 11.9. The van der Waals surface area contributed by atoms with E-state index in [1.807, 2.05) is 6.07 Å². The van der Waals surface area contributed by atoms with Crippen LogP contribution in [0.25, 0.3) is 0 Å². The number of hydrogen-bond acceptors (Lipinski definition) is 5. The fourth-order valence-electron chi connectivity index (χ4n) is 1.44. The van der Waals surface area contributed by atoms with Crippen LogP contribution in [-0.4, -0.2) is 41.8 Å². The highest BCUT2D eigenvalue weighted by atomic mass is 79.9. The van der Waals surface area contributed by atoms with Crippen LogP contribution >= 0.6 is 28.3 Å². The van der Waals surface area contributed by atoms with Gasteiger partial charge in [-0.1, -0.05) is 15.9 Å². The number of halogens is 2. The summed E-state index contributed by atoms with van der Waals surface area (Å²) in [7, 11) is -2.01. The first-order valence-electron chi connectivity index (χ1n) is 5.89. The van der Waals surface area contributed by atoms with Crippen molar-refractivity contribution in [1.29, 1.82) is 5.26 Å². The Hall–Kier alpha value is -0.690. The van der Waals surface area contributed by atoms with Crippen molar-refractivity contribution in [2.75, 3.05) is 33.4 Å². The van der Waals surface area contributed by atoms with Gasteiger partial charge in [0.25, 0.3) is 0 Å². The molecule has 0 saturated carbocycles. The number of nitriles is 1. The summed E-state index contributed by atoms with van der Waals surface area (Å²) < 4.78 is 32.0. The van der Waals surface area contributed by atoms with E-state index in [4.69, 9.17) is 10.00 Å². The van der Waals surface area contributed by atoms with Crippen LogP contribution in [-0.2, 0) is 14.8 Å². The number of methoxy groups -OCH3 is 1. The van der Waals surface area contributed by atoms with E-state index >= 15 is 0 Å². The maximum atomic E-state index is 12.0. The molecular weight excluding hydrogens is 382 g/mol. The third-order valence-corrected chi connectivity index (χ3v) is 4.29. The molecule has 0 saturated heterocycles. The molecule has 1 aromatic rings. The number of benzene rings is 1. The number of hydrogen-bond donors (Lipinski definition) is 2. The van der Waals surface area contributed by atoms with Crippen LogP contribution in [0.3, 0.4) is 0 Å². The number of ether oxygens (including phenoxy) is 1. The first-order chi connectivity index (χ1) is 9.49. The van der Waals surface area contributed by atoms with Crippen molar-refractivity contribution in [2.45, 2.75) is 4.90 Å². The van der Waals surface area contributed by atoms with Crippen molar-refractivity contribution >= 4 is 38.4 Å². The zero-order valence-corrected chi connectivity index (χ0v) is 14.6. The second-order valence-electron chi connectivity index (χ2n) is 3.93. The molecular formula is C12H17BrClN3O3S. The summed E-state index contributed by atoms with van der Waals surface area (Å²) in [6.07, 6.45) is 0. The summed E-state index contributed by atoms with van der Waals surface area (Å²) in [4.78, 5) is 0.0697. The van der Waals surface area contributed by atoms with Gasteiger partial charge in [0.05, 0.1) is 23.1 Å². The Morgan fingerprint density at radius 3 is 2.62 bits per heavy atom. The Balaban J connectivity index is 0.00000400. The van der Waals surface area contributed by atoms with Crippen molar-refractivity contribution in [3.05, 3.63) is 28.2 Å². The largest absolute Gasteiger partial charge is 0.383 e. The molecule has 0 aliphatic carbocycles. The Kier molecular flexibility index (Phi) is 9.77. The second kappa shape index (κ2) is 10.1. The molecule has 0 fully saturated rings. The molecule has 2 N–H and O–H groups in total. The zero-order chi connectivity index (χ0) is 15.0. The summed E-state index contributed by atoms with van der Waals surface area (Å²) in [5.41, 5.74) is 0.290. The van der Waals surface area contributed by atoms with Gasteiger partial charge in [-0.2, -0.15) is 5.26 Å². The normalized spacial score (nSPS) is 10.7. The molecule has 0 aliphatic heterocycles. The van der Waals surface area contributed by atoms with E-state index < -0.39 is 10.0 Å².